The highest BCUT2D eigenvalue weighted by Crippen LogP contribution is 2.16. The highest BCUT2D eigenvalue weighted by atomic mass is 32.2. The van der Waals surface area contributed by atoms with Gasteiger partial charge in [-0.1, -0.05) is 0 Å². The van der Waals surface area contributed by atoms with Crippen LogP contribution in [-0.4, -0.2) is 73.0 Å². The number of rotatable bonds is 3. The van der Waals surface area contributed by atoms with E-state index in [-0.39, 0.29) is 0 Å². The molecular weight excluding hydrogens is 234 g/mol. The van der Waals surface area contributed by atoms with E-state index in [1.165, 1.54) is 5.75 Å². The van der Waals surface area contributed by atoms with Crippen LogP contribution in [0.5, 0.6) is 0 Å². The molecule has 98 valence electrons. The quantitative estimate of drug-likeness (QED) is 0.786. The zero-order chi connectivity index (χ0) is 12.3. The summed E-state index contributed by atoms with van der Waals surface area (Å²) in [5, 5.41) is 3.43. The van der Waals surface area contributed by atoms with E-state index in [4.69, 9.17) is 0 Å². The van der Waals surface area contributed by atoms with Crippen molar-refractivity contribution in [2.75, 3.05) is 45.2 Å². The van der Waals surface area contributed by atoms with Crippen molar-refractivity contribution in [2.45, 2.75) is 24.9 Å². The summed E-state index contributed by atoms with van der Waals surface area (Å²) in [5.74, 6) is 2.59. The molecule has 0 aliphatic carbocycles. The highest BCUT2D eigenvalue weighted by Gasteiger charge is 2.28. The Morgan fingerprint density at radius 3 is 2.94 bits per heavy atom. The van der Waals surface area contributed by atoms with E-state index in [0.29, 0.717) is 24.4 Å². The number of likely N-dealkylation sites (N-methyl/N-ethyl adjacent to an activating group) is 1. The minimum atomic E-state index is 0.328. The molecule has 0 radical (unpaired) electrons. The van der Waals surface area contributed by atoms with E-state index in [2.05, 4.69) is 24.3 Å². The molecule has 2 rings (SSSR count). The molecule has 0 saturated carbocycles. The van der Waals surface area contributed by atoms with E-state index < -0.39 is 0 Å². The number of nitrogens with one attached hydrogen (secondary N) is 1. The van der Waals surface area contributed by atoms with Crippen molar-refractivity contribution >= 4 is 17.7 Å². The van der Waals surface area contributed by atoms with E-state index in [0.717, 1.165) is 31.8 Å². The van der Waals surface area contributed by atoms with Crippen molar-refractivity contribution in [2.24, 2.45) is 0 Å². The average Bonchev–Trinajstić information content (AvgIpc) is 2.79. The third-order valence-corrected chi connectivity index (χ3v) is 4.80. The molecule has 0 spiro atoms. The monoisotopic (exact) mass is 257 g/mol. The standard InChI is InChI=1S/C12H23N3OS/c1-14(2)11-3-5-15(8-11)12(16)7-10-9-17-6-4-13-10/h10-11,13H,3-9H2,1-2H3. The van der Waals surface area contributed by atoms with Gasteiger partial charge in [-0.3, -0.25) is 4.79 Å². The van der Waals surface area contributed by atoms with Crippen molar-refractivity contribution in [3.63, 3.8) is 0 Å². The highest BCUT2D eigenvalue weighted by molar-refractivity contribution is 7.99. The van der Waals surface area contributed by atoms with Gasteiger partial charge in [-0.05, 0) is 20.5 Å². The van der Waals surface area contributed by atoms with Crippen molar-refractivity contribution in [1.29, 1.82) is 0 Å². The molecule has 0 aromatic heterocycles. The maximum atomic E-state index is 12.1. The first kappa shape index (κ1) is 13.2. The molecule has 2 heterocycles. The lowest BCUT2D eigenvalue weighted by molar-refractivity contribution is -0.130. The largest absolute Gasteiger partial charge is 0.341 e. The van der Waals surface area contributed by atoms with Crippen LogP contribution >= 0.6 is 11.8 Å². The first-order chi connectivity index (χ1) is 8.16. The molecule has 5 heteroatoms. The molecule has 0 aromatic carbocycles. The molecule has 2 saturated heterocycles. The molecule has 2 aliphatic heterocycles. The smallest absolute Gasteiger partial charge is 0.224 e. The molecule has 0 bridgehead atoms. The van der Waals surface area contributed by atoms with Crippen molar-refractivity contribution < 1.29 is 4.79 Å². The SMILES string of the molecule is CN(C)C1CCN(C(=O)CC2CSCCN2)C1. The predicted octanol–water partition coefficient (Wildman–Crippen LogP) is 0.244. The van der Waals surface area contributed by atoms with Crippen LogP contribution in [0.25, 0.3) is 0 Å². The number of amides is 1. The lowest BCUT2D eigenvalue weighted by Gasteiger charge is -2.25. The summed E-state index contributed by atoms with van der Waals surface area (Å²) in [4.78, 5) is 16.4. The molecule has 1 amide bonds. The van der Waals surface area contributed by atoms with Crippen LogP contribution in [0, 0.1) is 0 Å². The molecule has 0 aromatic rings. The lowest BCUT2D eigenvalue weighted by atomic mass is 10.2. The van der Waals surface area contributed by atoms with Gasteiger partial charge in [0.1, 0.15) is 0 Å². The summed E-state index contributed by atoms with van der Waals surface area (Å²) in [7, 11) is 4.19. The van der Waals surface area contributed by atoms with Gasteiger partial charge in [0.15, 0.2) is 0 Å². The Balaban J connectivity index is 1.76. The second-order valence-electron chi connectivity index (χ2n) is 5.18. The fraction of sp³-hybridized carbons (Fsp3) is 0.917. The Morgan fingerprint density at radius 1 is 1.53 bits per heavy atom. The summed E-state index contributed by atoms with van der Waals surface area (Å²) in [6.07, 6.45) is 1.79. The minimum absolute atomic E-state index is 0.328. The third kappa shape index (κ3) is 3.60. The molecule has 1 N–H and O–H groups in total. The summed E-state index contributed by atoms with van der Waals surface area (Å²) < 4.78 is 0. The van der Waals surface area contributed by atoms with E-state index in [1.807, 2.05) is 16.7 Å². The van der Waals surface area contributed by atoms with Crippen LogP contribution in [0.1, 0.15) is 12.8 Å². The van der Waals surface area contributed by atoms with E-state index >= 15 is 0 Å². The Labute approximate surface area is 108 Å². The van der Waals surface area contributed by atoms with E-state index in [9.17, 15) is 4.79 Å². The molecule has 4 nitrogen and oxygen atoms in total. The number of thioether (sulfide) groups is 1. The zero-order valence-electron chi connectivity index (χ0n) is 10.8. The van der Waals surface area contributed by atoms with Crippen LogP contribution in [0.15, 0.2) is 0 Å². The van der Waals surface area contributed by atoms with Crippen molar-refractivity contribution in [3.05, 3.63) is 0 Å². The number of hydrogen-bond donors (Lipinski definition) is 1. The number of carbonyl (C=O) groups is 1. The van der Waals surface area contributed by atoms with Gasteiger partial charge in [-0.15, -0.1) is 0 Å². The summed E-state index contributed by atoms with van der Waals surface area (Å²) >= 11 is 1.95. The molecule has 2 aliphatic rings. The van der Waals surface area contributed by atoms with Crippen molar-refractivity contribution in [1.82, 2.24) is 15.1 Å². The lowest BCUT2D eigenvalue weighted by Crippen LogP contribution is -2.42. The fourth-order valence-corrected chi connectivity index (χ4v) is 3.43. The zero-order valence-corrected chi connectivity index (χ0v) is 11.6. The summed E-state index contributed by atoms with van der Waals surface area (Å²) in [6, 6.07) is 0.937. The number of likely N-dealkylation sites (tertiary alicyclic amines) is 1. The van der Waals surface area contributed by atoms with Gasteiger partial charge >= 0.3 is 0 Å². The topological polar surface area (TPSA) is 35.6 Å². The molecule has 2 fully saturated rings. The van der Waals surface area contributed by atoms with Crippen LogP contribution in [-0.2, 0) is 4.79 Å². The van der Waals surface area contributed by atoms with Gasteiger partial charge in [-0.2, -0.15) is 11.8 Å². The number of nitrogens with zero attached hydrogens (tertiary/aromatic N) is 2. The predicted molar refractivity (Wildman–Crippen MR) is 72.4 cm³/mol. The second kappa shape index (κ2) is 6.07. The Bertz CT molecular complexity index is 266. The van der Waals surface area contributed by atoms with Crippen LogP contribution in [0.2, 0.25) is 0 Å². The molecular formula is C12H23N3OS. The third-order valence-electron chi connectivity index (χ3n) is 3.67. The van der Waals surface area contributed by atoms with Gasteiger partial charge in [0.05, 0.1) is 0 Å². The number of carbonyl (C=O) groups excluding carboxylic acids is 1. The van der Waals surface area contributed by atoms with Gasteiger partial charge in [0, 0.05) is 49.6 Å². The normalized spacial score (nSPS) is 29.9. The second-order valence-corrected chi connectivity index (χ2v) is 6.33. The minimum Gasteiger partial charge on any atom is -0.341 e. The van der Waals surface area contributed by atoms with Crippen molar-refractivity contribution in [3.8, 4) is 0 Å². The van der Waals surface area contributed by atoms with Gasteiger partial charge in [0.25, 0.3) is 0 Å². The first-order valence-corrected chi connectivity index (χ1v) is 7.57. The van der Waals surface area contributed by atoms with Gasteiger partial charge in [0.2, 0.25) is 5.91 Å². The Kier molecular flexibility index (Phi) is 4.70. The van der Waals surface area contributed by atoms with E-state index in [1.54, 1.807) is 0 Å². The van der Waals surface area contributed by atoms with Crippen LogP contribution in [0.4, 0.5) is 0 Å². The van der Waals surface area contributed by atoms with Gasteiger partial charge in [-0.25, -0.2) is 0 Å². The fourth-order valence-electron chi connectivity index (χ4n) is 2.48. The Morgan fingerprint density at radius 2 is 2.35 bits per heavy atom. The Hall–Kier alpha value is -0.260. The van der Waals surface area contributed by atoms with Crippen LogP contribution in [0.3, 0.4) is 0 Å². The molecule has 2 unspecified atom stereocenters. The summed E-state index contributed by atoms with van der Waals surface area (Å²) in [5.41, 5.74) is 0. The maximum Gasteiger partial charge on any atom is 0.224 e. The molecule has 17 heavy (non-hydrogen) atoms. The number of hydrogen-bond acceptors (Lipinski definition) is 4. The van der Waals surface area contributed by atoms with Crippen LogP contribution < -0.4 is 5.32 Å². The van der Waals surface area contributed by atoms with Gasteiger partial charge < -0.3 is 15.1 Å². The average molecular weight is 257 g/mol. The maximum absolute atomic E-state index is 12.1. The summed E-state index contributed by atoms with van der Waals surface area (Å²) in [6.45, 7) is 2.89. The first-order valence-electron chi connectivity index (χ1n) is 6.42. The molecule has 2 atom stereocenters.